The van der Waals surface area contributed by atoms with E-state index >= 15 is 0 Å². The molecule has 2 rings (SSSR count). The van der Waals surface area contributed by atoms with Crippen molar-refractivity contribution >= 4 is 23.3 Å². The number of nitrogens with one attached hydrogen (secondary N) is 2. The van der Waals surface area contributed by atoms with Gasteiger partial charge in [-0.1, -0.05) is 12.1 Å². The van der Waals surface area contributed by atoms with Crippen LogP contribution in [0.4, 0.5) is 20.2 Å². The second-order valence-electron chi connectivity index (χ2n) is 6.28. The minimum atomic E-state index is -2.90. The second-order valence-corrected chi connectivity index (χ2v) is 6.28. The molecular formula is C20H22F2N2O4. The third kappa shape index (κ3) is 6.22. The van der Waals surface area contributed by atoms with Crippen molar-refractivity contribution in [2.45, 2.75) is 39.5 Å². The Morgan fingerprint density at radius 3 is 2.21 bits per heavy atom. The van der Waals surface area contributed by atoms with E-state index in [1.54, 1.807) is 36.4 Å². The molecule has 2 aromatic rings. The summed E-state index contributed by atoms with van der Waals surface area (Å²) in [6.45, 7) is 2.21. The van der Waals surface area contributed by atoms with Gasteiger partial charge in [-0.15, -0.1) is 0 Å². The molecular weight excluding hydrogens is 370 g/mol. The molecule has 0 aliphatic heterocycles. The maximum absolute atomic E-state index is 12.5. The first-order valence-corrected chi connectivity index (χ1v) is 8.68. The van der Waals surface area contributed by atoms with E-state index in [9.17, 15) is 18.4 Å². The third-order valence-corrected chi connectivity index (χ3v) is 3.59. The Bertz CT molecular complexity index is 810. The molecule has 0 unspecified atom stereocenters. The lowest BCUT2D eigenvalue weighted by Gasteiger charge is -2.17. The highest BCUT2D eigenvalue weighted by molar-refractivity contribution is 5.98. The SMILES string of the molecule is CC(C)NC(=O)[C@@H](C)OC(=O)c1ccccc1Nc1ccc(OC(F)F)cc1. The van der Waals surface area contributed by atoms with Gasteiger partial charge in [0.2, 0.25) is 0 Å². The lowest BCUT2D eigenvalue weighted by Crippen LogP contribution is -2.39. The Morgan fingerprint density at radius 2 is 1.61 bits per heavy atom. The van der Waals surface area contributed by atoms with Gasteiger partial charge in [-0.3, -0.25) is 4.79 Å². The van der Waals surface area contributed by atoms with Gasteiger partial charge in [0.25, 0.3) is 5.91 Å². The quantitative estimate of drug-likeness (QED) is 0.662. The zero-order valence-electron chi connectivity index (χ0n) is 15.7. The van der Waals surface area contributed by atoms with Gasteiger partial charge < -0.3 is 20.1 Å². The predicted octanol–water partition coefficient (Wildman–Crippen LogP) is 4.10. The number of benzene rings is 2. The molecule has 150 valence electrons. The first-order chi connectivity index (χ1) is 13.3. The summed E-state index contributed by atoms with van der Waals surface area (Å²) in [5, 5.41) is 5.70. The van der Waals surface area contributed by atoms with E-state index in [1.807, 2.05) is 13.8 Å². The average Bonchev–Trinajstić information content (AvgIpc) is 2.62. The number of esters is 1. The summed E-state index contributed by atoms with van der Waals surface area (Å²) in [4.78, 5) is 24.4. The Hall–Kier alpha value is -3.16. The maximum atomic E-state index is 12.5. The third-order valence-electron chi connectivity index (χ3n) is 3.59. The van der Waals surface area contributed by atoms with Gasteiger partial charge >= 0.3 is 12.6 Å². The van der Waals surface area contributed by atoms with Gasteiger partial charge in [0.1, 0.15) is 5.75 Å². The molecule has 0 aromatic heterocycles. The van der Waals surface area contributed by atoms with Crippen molar-refractivity contribution < 1.29 is 27.8 Å². The van der Waals surface area contributed by atoms with E-state index in [4.69, 9.17) is 4.74 Å². The van der Waals surface area contributed by atoms with E-state index < -0.39 is 18.7 Å². The van der Waals surface area contributed by atoms with Gasteiger partial charge in [-0.2, -0.15) is 8.78 Å². The number of carbonyl (C=O) groups excluding carboxylic acids is 2. The number of amides is 1. The topological polar surface area (TPSA) is 76.7 Å². The fourth-order valence-corrected chi connectivity index (χ4v) is 2.32. The molecule has 2 N–H and O–H groups in total. The Morgan fingerprint density at radius 1 is 0.964 bits per heavy atom. The lowest BCUT2D eigenvalue weighted by molar-refractivity contribution is -0.129. The number of rotatable bonds is 8. The summed E-state index contributed by atoms with van der Waals surface area (Å²) in [6, 6.07) is 12.4. The summed E-state index contributed by atoms with van der Waals surface area (Å²) in [5.74, 6) is -1.02. The number of ether oxygens (including phenoxy) is 2. The van der Waals surface area contributed by atoms with Crippen LogP contribution in [0.5, 0.6) is 5.75 Å². The van der Waals surface area contributed by atoms with Crippen LogP contribution in [0.1, 0.15) is 31.1 Å². The van der Waals surface area contributed by atoms with Crippen molar-refractivity contribution in [3.05, 3.63) is 54.1 Å². The van der Waals surface area contributed by atoms with Crippen molar-refractivity contribution in [3.63, 3.8) is 0 Å². The van der Waals surface area contributed by atoms with Crippen molar-refractivity contribution in [1.82, 2.24) is 5.32 Å². The van der Waals surface area contributed by atoms with Crippen LogP contribution < -0.4 is 15.4 Å². The van der Waals surface area contributed by atoms with Crippen molar-refractivity contribution in [2.75, 3.05) is 5.32 Å². The number of hydrogen-bond donors (Lipinski definition) is 2. The molecule has 0 saturated heterocycles. The van der Waals surface area contributed by atoms with Gasteiger partial charge in [0.05, 0.1) is 11.3 Å². The second kappa shape index (κ2) is 9.68. The smallest absolute Gasteiger partial charge is 0.387 e. The van der Waals surface area contributed by atoms with Crippen LogP contribution in [0.25, 0.3) is 0 Å². The zero-order chi connectivity index (χ0) is 20.7. The molecule has 28 heavy (non-hydrogen) atoms. The number of hydrogen-bond acceptors (Lipinski definition) is 5. The van der Waals surface area contributed by atoms with E-state index in [1.165, 1.54) is 19.1 Å². The van der Waals surface area contributed by atoms with Gasteiger partial charge in [0.15, 0.2) is 6.10 Å². The van der Waals surface area contributed by atoms with Gasteiger partial charge in [-0.25, -0.2) is 4.79 Å². The van der Waals surface area contributed by atoms with Crippen LogP contribution in [0.3, 0.4) is 0 Å². The van der Waals surface area contributed by atoms with Crippen molar-refractivity contribution in [1.29, 1.82) is 0 Å². The number of anilines is 2. The summed E-state index contributed by atoms with van der Waals surface area (Å²) in [5.41, 5.74) is 1.25. The van der Waals surface area contributed by atoms with Crippen molar-refractivity contribution in [3.8, 4) is 5.75 Å². The van der Waals surface area contributed by atoms with Crippen LogP contribution in [0, 0.1) is 0 Å². The fourth-order valence-electron chi connectivity index (χ4n) is 2.32. The minimum absolute atomic E-state index is 0.0261. The minimum Gasteiger partial charge on any atom is -0.449 e. The average molecular weight is 392 g/mol. The summed E-state index contributed by atoms with van der Waals surface area (Å²) >= 11 is 0. The molecule has 0 spiro atoms. The molecule has 1 amide bonds. The standard InChI is InChI=1S/C20H22F2N2O4/c1-12(2)23-18(25)13(3)27-19(26)16-6-4-5-7-17(16)24-14-8-10-15(11-9-14)28-20(21)22/h4-13,20,24H,1-3H3,(H,23,25)/t13-/m1/s1. The number of para-hydroxylation sites is 1. The number of carbonyl (C=O) groups is 2. The van der Waals surface area contributed by atoms with Crippen molar-refractivity contribution in [2.24, 2.45) is 0 Å². The van der Waals surface area contributed by atoms with E-state index in [2.05, 4.69) is 15.4 Å². The van der Waals surface area contributed by atoms with Crippen LogP contribution in [-0.4, -0.2) is 30.6 Å². The molecule has 1 atom stereocenters. The number of alkyl halides is 2. The summed E-state index contributed by atoms with van der Waals surface area (Å²) < 4.78 is 34.0. The molecule has 8 heteroatoms. The Balaban J connectivity index is 2.09. The molecule has 0 bridgehead atoms. The molecule has 0 radical (unpaired) electrons. The van der Waals surface area contributed by atoms with Crippen LogP contribution in [0.15, 0.2) is 48.5 Å². The van der Waals surface area contributed by atoms with Crippen LogP contribution in [0.2, 0.25) is 0 Å². The molecule has 0 heterocycles. The predicted molar refractivity (Wildman–Crippen MR) is 101 cm³/mol. The molecule has 6 nitrogen and oxygen atoms in total. The first-order valence-electron chi connectivity index (χ1n) is 8.68. The molecule has 0 saturated carbocycles. The van der Waals surface area contributed by atoms with E-state index in [-0.39, 0.29) is 23.3 Å². The largest absolute Gasteiger partial charge is 0.449 e. The fraction of sp³-hybridized carbons (Fsp3) is 0.300. The normalized spacial score (nSPS) is 11.8. The zero-order valence-corrected chi connectivity index (χ0v) is 15.7. The van der Waals surface area contributed by atoms with Gasteiger partial charge in [0, 0.05) is 11.7 Å². The lowest BCUT2D eigenvalue weighted by atomic mass is 10.1. The van der Waals surface area contributed by atoms with E-state index in [0.29, 0.717) is 11.4 Å². The van der Waals surface area contributed by atoms with Gasteiger partial charge in [-0.05, 0) is 57.2 Å². The highest BCUT2D eigenvalue weighted by Crippen LogP contribution is 2.24. The Labute approximate surface area is 161 Å². The van der Waals surface area contributed by atoms with Crippen LogP contribution >= 0.6 is 0 Å². The van der Waals surface area contributed by atoms with Crippen LogP contribution in [-0.2, 0) is 9.53 Å². The Kier molecular flexibility index (Phi) is 7.31. The summed E-state index contributed by atoms with van der Waals surface area (Å²) in [6.07, 6.45) is -0.950. The summed E-state index contributed by atoms with van der Waals surface area (Å²) in [7, 11) is 0. The molecule has 0 aliphatic carbocycles. The molecule has 0 fully saturated rings. The molecule has 2 aromatic carbocycles. The monoisotopic (exact) mass is 392 g/mol. The highest BCUT2D eigenvalue weighted by atomic mass is 19.3. The maximum Gasteiger partial charge on any atom is 0.387 e. The molecule has 0 aliphatic rings. The van der Waals surface area contributed by atoms with E-state index in [0.717, 1.165) is 0 Å². The first kappa shape index (κ1) is 21.1. The number of halogens is 2. The highest BCUT2D eigenvalue weighted by Gasteiger charge is 2.21.